The minimum absolute atomic E-state index is 0.281. The summed E-state index contributed by atoms with van der Waals surface area (Å²) < 4.78 is 0. The molecule has 2 saturated heterocycles. The number of hydrogen-bond acceptors (Lipinski definition) is 2. The number of piperidine rings is 1. The Bertz CT molecular complexity index is 561. The smallest absolute Gasteiger partial charge is 0.226 e. The van der Waals surface area contributed by atoms with Crippen molar-refractivity contribution in [3.8, 4) is 0 Å². The number of nitrogens with zero attached hydrogens (tertiary/aromatic N) is 2. The van der Waals surface area contributed by atoms with E-state index in [2.05, 4.69) is 42.7 Å². The van der Waals surface area contributed by atoms with Gasteiger partial charge in [-0.15, -0.1) is 0 Å². The first-order valence-corrected chi connectivity index (χ1v) is 11.0. The molecule has 0 radical (unpaired) electrons. The summed E-state index contributed by atoms with van der Waals surface area (Å²) in [7, 11) is 0. The first-order chi connectivity index (χ1) is 12.3. The van der Waals surface area contributed by atoms with Crippen LogP contribution in [0.5, 0.6) is 0 Å². The van der Waals surface area contributed by atoms with Gasteiger partial charge in [-0.25, -0.2) is 0 Å². The maximum Gasteiger partial charge on any atom is 0.226 e. The highest BCUT2D eigenvalue weighted by Gasteiger charge is 2.51. The van der Waals surface area contributed by atoms with Crippen molar-refractivity contribution in [1.82, 2.24) is 9.80 Å². The van der Waals surface area contributed by atoms with Crippen molar-refractivity contribution < 1.29 is 4.79 Å². The van der Waals surface area contributed by atoms with Crippen LogP contribution in [-0.4, -0.2) is 47.9 Å². The summed E-state index contributed by atoms with van der Waals surface area (Å²) in [5.74, 6) is 1.60. The van der Waals surface area contributed by atoms with Crippen molar-refractivity contribution in [2.45, 2.75) is 78.2 Å². The van der Waals surface area contributed by atoms with Gasteiger partial charge in [0.15, 0.2) is 0 Å². The molecule has 1 amide bonds. The van der Waals surface area contributed by atoms with Gasteiger partial charge in [0.1, 0.15) is 0 Å². The van der Waals surface area contributed by atoms with Crippen LogP contribution in [0.2, 0.25) is 0 Å². The highest BCUT2D eigenvalue weighted by Crippen LogP contribution is 2.52. The van der Waals surface area contributed by atoms with Crippen molar-refractivity contribution in [2.75, 3.05) is 26.2 Å². The highest BCUT2D eigenvalue weighted by molar-refractivity contribution is 5.79. The van der Waals surface area contributed by atoms with E-state index in [0.717, 1.165) is 38.4 Å². The summed E-state index contributed by atoms with van der Waals surface area (Å²) in [6.07, 6.45) is 14.4. The lowest BCUT2D eigenvalue weighted by Gasteiger charge is -2.40. The number of allylic oxidation sites excluding steroid dienone is 2. The lowest BCUT2D eigenvalue weighted by Crippen LogP contribution is -2.45. The molecule has 2 aliphatic heterocycles. The molecular weight excluding hydrogens is 320 g/mol. The summed E-state index contributed by atoms with van der Waals surface area (Å²) in [6, 6.07) is 0.503. The fourth-order valence-electron chi connectivity index (χ4n) is 6.70. The summed E-state index contributed by atoms with van der Waals surface area (Å²) in [6.45, 7) is 11.7. The zero-order valence-corrected chi connectivity index (χ0v) is 17.2. The lowest BCUT2D eigenvalue weighted by molar-refractivity contribution is -0.138. The van der Waals surface area contributed by atoms with Gasteiger partial charge < -0.3 is 9.80 Å². The molecule has 0 aromatic carbocycles. The minimum atomic E-state index is 0.281. The molecule has 3 nitrogen and oxygen atoms in total. The van der Waals surface area contributed by atoms with Gasteiger partial charge in [-0.2, -0.15) is 0 Å². The zero-order valence-electron chi connectivity index (χ0n) is 17.2. The third kappa shape index (κ3) is 3.88. The normalized spacial score (nSPS) is 37.9. The first-order valence-electron chi connectivity index (χ1n) is 11.0. The molecule has 3 atom stereocenters. The summed E-state index contributed by atoms with van der Waals surface area (Å²) in [5.41, 5.74) is 0.752. The summed E-state index contributed by atoms with van der Waals surface area (Å²) >= 11 is 0. The molecular formula is C23H38N2O. The van der Waals surface area contributed by atoms with Crippen LogP contribution in [0.1, 0.15) is 72.1 Å². The Morgan fingerprint density at radius 1 is 1.08 bits per heavy atom. The monoisotopic (exact) mass is 358 g/mol. The van der Waals surface area contributed by atoms with E-state index in [1.54, 1.807) is 0 Å². The van der Waals surface area contributed by atoms with Crippen molar-refractivity contribution in [3.05, 3.63) is 12.2 Å². The van der Waals surface area contributed by atoms with Gasteiger partial charge in [-0.3, -0.25) is 4.79 Å². The number of rotatable bonds is 3. The molecule has 1 saturated carbocycles. The third-order valence-corrected chi connectivity index (χ3v) is 7.53. The predicted octanol–water partition coefficient (Wildman–Crippen LogP) is 4.48. The van der Waals surface area contributed by atoms with Gasteiger partial charge in [0.2, 0.25) is 5.91 Å². The zero-order chi connectivity index (χ0) is 18.4. The molecule has 3 fully saturated rings. The van der Waals surface area contributed by atoms with E-state index in [0.29, 0.717) is 22.8 Å². The Labute approximate surface area is 160 Å². The van der Waals surface area contributed by atoms with E-state index in [-0.39, 0.29) is 5.92 Å². The fourth-order valence-corrected chi connectivity index (χ4v) is 6.70. The summed E-state index contributed by atoms with van der Waals surface area (Å²) in [5, 5.41) is 0. The van der Waals surface area contributed by atoms with E-state index in [1.807, 2.05) is 0 Å². The van der Waals surface area contributed by atoms with E-state index in [9.17, 15) is 4.79 Å². The quantitative estimate of drug-likeness (QED) is 0.694. The van der Waals surface area contributed by atoms with E-state index < -0.39 is 0 Å². The molecule has 2 heterocycles. The van der Waals surface area contributed by atoms with Crippen molar-refractivity contribution >= 4 is 5.91 Å². The maximum absolute atomic E-state index is 13.3. The average molecular weight is 359 g/mol. The second-order valence-corrected chi connectivity index (χ2v) is 10.9. The molecule has 4 rings (SSSR count). The molecule has 2 bridgehead atoms. The number of likely N-dealkylation sites (tertiary alicyclic amines) is 2. The van der Waals surface area contributed by atoms with Gasteiger partial charge in [-0.1, -0.05) is 32.9 Å². The van der Waals surface area contributed by atoms with Crippen LogP contribution < -0.4 is 0 Å². The third-order valence-electron chi connectivity index (χ3n) is 7.53. The summed E-state index contributed by atoms with van der Waals surface area (Å²) in [4.78, 5) is 18.2. The molecule has 2 aliphatic carbocycles. The van der Waals surface area contributed by atoms with Crippen LogP contribution >= 0.6 is 0 Å². The van der Waals surface area contributed by atoms with Crippen molar-refractivity contribution in [3.63, 3.8) is 0 Å². The van der Waals surface area contributed by atoms with Crippen LogP contribution in [0.3, 0.4) is 0 Å². The molecule has 26 heavy (non-hydrogen) atoms. The maximum atomic E-state index is 13.3. The van der Waals surface area contributed by atoms with Gasteiger partial charge in [0.05, 0.1) is 0 Å². The molecule has 0 unspecified atom stereocenters. The molecule has 0 N–H and O–H groups in total. The number of hydrogen-bond donors (Lipinski definition) is 0. The van der Waals surface area contributed by atoms with E-state index in [4.69, 9.17) is 0 Å². The minimum Gasteiger partial charge on any atom is -0.339 e. The predicted molar refractivity (Wildman–Crippen MR) is 107 cm³/mol. The van der Waals surface area contributed by atoms with Gasteiger partial charge in [0, 0.05) is 25.0 Å². The number of carbonyl (C=O) groups is 1. The molecule has 0 aromatic heterocycles. The first kappa shape index (κ1) is 18.5. The van der Waals surface area contributed by atoms with Crippen LogP contribution in [0.25, 0.3) is 0 Å². The SMILES string of the molecule is CC1(C)C[C@@H]2C[C@](C)(CN2C(=O)C2CCN(C[C@H]3CC=CCC3)CC2)C1. The number of carbonyl (C=O) groups excluding carboxylic acids is 1. The average Bonchev–Trinajstić information content (AvgIpc) is 2.85. The van der Waals surface area contributed by atoms with E-state index >= 15 is 0 Å². The van der Waals surface area contributed by atoms with Gasteiger partial charge in [0.25, 0.3) is 0 Å². The second kappa shape index (κ2) is 6.96. The van der Waals surface area contributed by atoms with Crippen LogP contribution in [-0.2, 0) is 4.79 Å². The molecule has 4 aliphatic rings. The Morgan fingerprint density at radius 2 is 1.85 bits per heavy atom. The Morgan fingerprint density at radius 3 is 2.54 bits per heavy atom. The van der Waals surface area contributed by atoms with Crippen LogP contribution in [0.4, 0.5) is 0 Å². The van der Waals surface area contributed by atoms with E-state index in [1.165, 1.54) is 45.1 Å². The number of amides is 1. The van der Waals surface area contributed by atoms with Gasteiger partial charge in [-0.05, 0) is 81.2 Å². The Balaban J connectivity index is 1.31. The topological polar surface area (TPSA) is 23.6 Å². The number of fused-ring (bicyclic) bond motifs is 2. The fraction of sp³-hybridized carbons (Fsp3) is 0.870. The molecule has 146 valence electrons. The van der Waals surface area contributed by atoms with Crippen LogP contribution in [0, 0.1) is 22.7 Å². The highest BCUT2D eigenvalue weighted by atomic mass is 16.2. The Kier molecular flexibility index (Phi) is 4.96. The largest absolute Gasteiger partial charge is 0.339 e. The lowest BCUT2D eigenvalue weighted by atomic mass is 9.65. The van der Waals surface area contributed by atoms with Crippen LogP contribution in [0.15, 0.2) is 12.2 Å². The second-order valence-electron chi connectivity index (χ2n) is 10.9. The van der Waals surface area contributed by atoms with Crippen molar-refractivity contribution in [1.29, 1.82) is 0 Å². The van der Waals surface area contributed by atoms with Gasteiger partial charge >= 0.3 is 0 Å². The molecule has 0 aromatic rings. The Hall–Kier alpha value is -0.830. The standard InChI is InChI=1S/C23H38N2O/c1-22(2)13-20-14-23(3,16-22)17-25(20)21(26)19-9-11-24(12-10-19)15-18-7-5-4-6-8-18/h4-5,18-20H,6-17H2,1-3H3/t18-,20+,23-/m0/s1. The molecule has 0 spiro atoms. The molecule has 3 heteroatoms. The van der Waals surface area contributed by atoms with Crippen molar-refractivity contribution in [2.24, 2.45) is 22.7 Å².